The Labute approximate surface area is 166 Å². The molecule has 0 saturated heterocycles. The summed E-state index contributed by atoms with van der Waals surface area (Å²) >= 11 is 0. The quantitative estimate of drug-likeness (QED) is 0.477. The molecule has 0 saturated carbocycles. The molecule has 0 atom stereocenters. The van der Waals surface area contributed by atoms with Gasteiger partial charge in [-0.1, -0.05) is 42.5 Å². The van der Waals surface area contributed by atoms with Crippen molar-refractivity contribution in [3.63, 3.8) is 0 Å². The van der Waals surface area contributed by atoms with Gasteiger partial charge in [0, 0.05) is 0 Å². The molecule has 1 aromatic rings. The second-order valence-electron chi connectivity index (χ2n) is 7.05. The van der Waals surface area contributed by atoms with Crippen molar-refractivity contribution in [2.24, 2.45) is 20.5 Å². The smallest absolute Gasteiger partial charge is 0.0857 e. The van der Waals surface area contributed by atoms with E-state index in [2.05, 4.69) is 63.0 Å². The molecule has 0 unspecified atom stereocenters. The van der Waals surface area contributed by atoms with Gasteiger partial charge in [-0.3, -0.25) is 0 Å². The number of allylic oxidation sites excluding steroid dienone is 12. The van der Waals surface area contributed by atoms with E-state index in [4.69, 9.17) is 0 Å². The molecule has 0 aliphatic heterocycles. The van der Waals surface area contributed by atoms with E-state index in [0.29, 0.717) is 0 Å². The molecule has 0 aromatic heterocycles. The first kappa shape index (κ1) is 18.2. The number of azo groups is 2. The van der Waals surface area contributed by atoms with Gasteiger partial charge < -0.3 is 0 Å². The van der Waals surface area contributed by atoms with E-state index >= 15 is 0 Å². The predicted molar refractivity (Wildman–Crippen MR) is 114 cm³/mol. The van der Waals surface area contributed by atoms with Crippen molar-refractivity contribution in [1.29, 1.82) is 0 Å². The molecule has 28 heavy (non-hydrogen) atoms. The SMILES string of the molecule is C1=CCCC(N=NC2=CC=C(c3ccc(N=NC4=CC=CCC4)cc3)CC2)=C1. The summed E-state index contributed by atoms with van der Waals surface area (Å²) in [5, 5.41) is 17.5. The summed E-state index contributed by atoms with van der Waals surface area (Å²) in [4.78, 5) is 0. The van der Waals surface area contributed by atoms with Gasteiger partial charge in [0.2, 0.25) is 0 Å². The van der Waals surface area contributed by atoms with Crippen LogP contribution in [-0.4, -0.2) is 0 Å². The zero-order valence-electron chi connectivity index (χ0n) is 16.0. The number of hydrogen-bond donors (Lipinski definition) is 0. The molecule has 0 bridgehead atoms. The summed E-state index contributed by atoms with van der Waals surface area (Å²) in [6, 6.07) is 8.30. The molecule has 0 radical (unpaired) electrons. The molecule has 0 spiro atoms. The molecule has 3 aliphatic carbocycles. The van der Waals surface area contributed by atoms with E-state index < -0.39 is 0 Å². The van der Waals surface area contributed by atoms with E-state index in [9.17, 15) is 0 Å². The second-order valence-corrected chi connectivity index (χ2v) is 7.05. The van der Waals surface area contributed by atoms with Gasteiger partial charge in [0.15, 0.2) is 0 Å². The number of nitrogens with zero attached hydrogens (tertiary/aromatic N) is 4. The maximum Gasteiger partial charge on any atom is 0.0857 e. The Morgan fingerprint density at radius 1 is 0.536 bits per heavy atom. The van der Waals surface area contributed by atoms with Gasteiger partial charge in [-0.05, 0) is 80.0 Å². The van der Waals surface area contributed by atoms with Crippen molar-refractivity contribution in [2.45, 2.75) is 38.5 Å². The first-order valence-electron chi connectivity index (χ1n) is 9.92. The minimum absolute atomic E-state index is 0.885. The molecule has 4 rings (SSSR count). The molecule has 140 valence electrons. The highest BCUT2D eigenvalue weighted by atomic mass is 15.1. The average molecular weight is 368 g/mol. The zero-order chi connectivity index (χ0) is 19.0. The van der Waals surface area contributed by atoms with Crippen LogP contribution in [0.3, 0.4) is 0 Å². The fraction of sp³-hybridized carbons (Fsp3) is 0.250. The monoisotopic (exact) mass is 368 g/mol. The van der Waals surface area contributed by atoms with E-state index in [1.807, 2.05) is 30.4 Å². The van der Waals surface area contributed by atoms with E-state index in [0.717, 1.165) is 61.3 Å². The number of hydrogen-bond acceptors (Lipinski definition) is 4. The van der Waals surface area contributed by atoms with Gasteiger partial charge in [-0.2, -0.15) is 20.5 Å². The molecule has 4 heteroatoms. The fourth-order valence-electron chi connectivity index (χ4n) is 3.29. The van der Waals surface area contributed by atoms with Crippen molar-refractivity contribution in [2.75, 3.05) is 0 Å². The predicted octanol–water partition coefficient (Wildman–Crippen LogP) is 7.75. The van der Waals surface area contributed by atoms with Gasteiger partial charge in [-0.15, -0.1) is 0 Å². The van der Waals surface area contributed by atoms with E-state index in [-0.39, 0.29) is 0 Å². The molecule has 4 nitrogen and oxygen atoms in total. The van der Waals surface area contributed by atoms with Gasteiger partial charge in [0.05, 0.1) is 22.8 Å². The largest absolute Gasteiger partial charge is 0.155 e. The highest BCUT2D eigenvalue weighted by Gasteiger charge is 2.09. The molecule has 0 fully saturated rings. The van der Waals surface area contributed by atoms with Crippen molar-refractivity contribution in [3.8, 4) is 0 Å². The Hall–Kier alpha value is -3.14. The summed E-state index contributed by atoms with van der Waals surface area (Å²) in [6.45, 7) is 0. The summed E-state index contributed by atoms with van der Waals surface area (Å²) < 4.78 is 0. The molecular formula is C24H24N4. The van der Waals surface area contributed by atoms with Crippen LogP contribution < -0.4 is 0 Å². The Kier molecular flexibility index (Phi) is 5.98. The Bertz CT molecular complexity index is 951. The Balaban J connectivity index is 1.39. The molecule has 0 amide bonds. The van der Waals surface area contributed by atoms with Crippen LogP contribution in [0.15, 0.2) is 110 Å². The van der Waals surface area contributed by atoms with Crippen molar-refractivity contribution in [1.82, 2.24) is 0 Å². The lowest BCUT2D eigenvalue weighted by atomic mass is 9.96. The van der Waals surface area contributed by atoms with Crippen LogP contribution in [0.2, 0.25) is 0 Å². The number of benzene rings is 1. The maximum absolute atomic E-state index is 4.42. The zero-order valence-corrected chi connectivity index (χ0v) is 16.0. The lowest BCUT2D eigenvalue weighted by Crippen LogP contribution is -1.92. The van der Waals surface area contributed by atoms with Gasteiger partial charge in [0.1, 0.15) is 0 Å². The molecular weight excluding hydrogens is 344 g/mol. The van der Waals surface area contributed by atoms with Crippen molar-refractivity contribution < 1.29 is 0 Å². The van der Waals surface area contributed by atoms with Crippen LogP contribution in [0.25, 0.3) is 5.57 Å². The maximum atomic E-state index is 4.42. The first-order chi connectivity index (χ1) is 13.9. The Morgan fingerprint density at radius 2 is 1.14 bits per heavy atom. The summed E-state index contributed by atoms with van der Waals surface area (Å²) in [7, 11) is 0. The standard InChI is InChI=1S/C24H24N4/c1-3-7-21(8-4-1)25-27-23-15-11-19(12-16-23)20-13-17-24(18-14-20)28-26-22-9-5-2-6-10-22/h1-3,5,7,9,11-13,15-17H,4,6,8,10,14,18H2. The lowest BCUT2D eigenvalue weighted by molar-refractivity contribution is 0.865. The lowest BCUT2D eigenvalue weighted by Gasteiger charge is -2.12. The number of rotatable bonds is 5. The third kappa shape index (κ3) is 4.97. The van der Waals surface area contributed by atoms with Crippen LogP contribution in [0.1, 0.15) is 44.1 Å². The van der Waals surface area contributed by atoms with E-state index in [1.54, 1.807) is 0 Å². The molecule has 3 aliphatic rings. The van der Waals surface area contributed by atoms with Gasteiger partial charge in [0.25, 0.3) is 0 Å². The Morgan fingerprint density at radius 3 is 1.68 bits per heavy atom. The summed E-state index contributed by atoms with van der Waals surface area (Å²) in [5.41, 5.74) is 6.57. The highest BCUT2D eigenvalue weighted by Crippen LogP contribution is 2.29. The van der Waals surface area contributed by atoms with E-state index in [1.165, 1.54) is 11.1 Å². The topological polar surface area (TPSA) is 49.4 Å². The average Bonchev–Trinajstić information content (AvgIpc) is 2.78. The van der Waals surface area contributed by atoms with Crippen LogP contribution >= 0.6 is 0 Å². The molecule has 0 heterocycles. The normalized spacial score (nSPS) is 19.6. The fourth-order valence-corrected chi connectivity index (χ4v) is 3.29. The highest BCUT2D eigenvalue weighted by molar-refractivity contribution is 5.69. The van der Waals surface area contributed by atoms with Crippen LogP contribution in [0, 0.1) is 0 Å². The van der Waals surface area contributed by atoms with Gasteiger partial charge >= 0.3 is 0 Å². The van der Waals surface area contributed by atoms with Crippen LogP contribution in [0.4, 0.5) is 5.69 Å². The third-order valence-electron chi connectivity index (χ3n) is 4.95. The van der Waals surface area contributed by atoms with Crippen molar-refractivity contribution >= 4 is 11.3 Å². The van der Waals surface area contributed by atoms with Crippen molar-refractivity contribution in [3.05, 3.63) is 95.5 Å². The minimum atomic E-state index is 0.885. The third-order valence-corrected chi connectivity index (χ3v) is 4.95. The van der Waals surface area contributed by atoms with Crippen LogP contribution in [-0.2, 0) is 0 Å². The summed E-state index contributed by atoms with van der Waals surface area (Å²) in [5.74, 6) is 0. The molecule has 0 N–H and O–H groups in total. The van der Waals surface area contributed by atoms with Crippen LogP contribution in [0.5, 0.6) is 0 Å². The second kappa shape index (κ2) is 9.18. The molecule has 1 aromatic carbocycles. The van der Waals surface area contributed by atoms with Gasteiger partial charge in [-0.25, -0.2) is 0 Å². The first-order valence-corrected chi connectivity index (χ1v) is 9.92. The summed E-state index contributed by atoms with van der Waals surface area (Å²) in [6.07, 6.45) is 22.6. The minimum Gasteiger partial charge on any atom is -0.155 e.